The van der Waals surface area contributed by atoms with Crippen molar-refractivity contribution >= 4 is 15.7 Å². The van der Waals surface area contributed by atoms with Gasteiger partial charge in [-0.15, -0.1) is 0 Å². The van der Waals surface area contributed by atoms with E-state index < -0.39 is 15.8 Å². The van der Waals surface area contributed by atoms with Crippen LogP contribution in [0.3, 0.4) is 0 Å². The maximum Gasteiger partial charge on any atom is 0.234 e. The highest BCUT2D eigenvalue weighted by Crippen LogP contribution is 2.29. The summed E-state index contributed by atoms with van der Waals surface area (Å²) in [5.74, 6) is -0.299. The van der Waals surface area contributed by atoms with Crippen molar-refractivity contribution in [1.29, 1.82) is 0 Å². The fraction of sp³-hybridized carbons (Fsp3) is 0.400. The molecule has 0 unspecified atom stereocenters. The lowest BCUT2D eigenvalue weighted by Crippen LogP contribution is -2.28. The normalized spacial score (nSPS) is 11.2. The molecule has 0 aliphatic carbocycles. The monoisotopic (exact) mass is 247 g/mol. The molecule has 1 aromatic carbocycles. The van der Waals surface area contributed by atoms with Crippen molar-refractivity contribution in [3.8, 4) is 5.75 Å². The number of rotatable bonds is 4. The summed E-state index contributed by atoms with van der Waals surface area (Å²) in [6.45, 7) is 1.54. The zero-order chi connectivity index (χ0) is 12.3. The van der Waals surface area contributed by atoms with Gasteiger partial charge in [-0.3, -0.25) is 4.31 Å². The van der Waals surface area contributed by atoms with E-state index in [1.165, 1.54) is 26.3 Å². The van der Waals surface area contributed by atoms with Gasteiger partial charge in [-0.25, -0.2) is 12.8 Å². The third kappa shape index (κ3) is 2.44. The van der Waals surface area contributed by atoms with E-state index in [2.05, 4.69) is 0 Å². The largest absolute Gasteiger partial charge is 0.494 e. The minimum atomic E-state index is -3.37. The number of hydrogen-bond donors (Lipinski definition) is 0. The molecule has 0 radical (unpaired) electrons. The van der Waals surface area contributed by atoms with Crippen LogP contribution in [0.2, 0.25) is 0 Å². The molecule has 90 valence electrons. The fourth-order valence-electron chi connectivity index (χ4n) is 1.26. The van der Waals surface area contributed by atoms with Crippen LogP contribution >= 0.6 is 0 Å². The molecule has 1 rings (SSSR count). The molecule has 0 heterocycles. The second kappa shape index (κ2) is 4.69. The van der Waals surface area contributed by atoms with Gasteiger partial charge in [0, 0.05) is 13.1 Å². The number of halogens is 1. The van der Waals surface area contributed by atoms with Crippen molar-refractivity contribution in [2.45, 2.75) is 6.92 Å². The van der Waals surface area contributed by atoms with E-state index in [0.717, 1.165) is 10.4 Å². The molecule has 0 N–H and O–H groups in total. The maximum atomic E-state index is 12.9. The Kier molecular flexibility index (Phi) is 3.74. The summed E-state index contributed by atoms with van der Waals surface area (Å²) in [6.07, 6.45) is 0. The van der Waals surface area contributed by atoms with E-state index in [1.54, 1.807) is 6.92 Å². The molecular weight excluding hydrogens is 233 g/mol. The Hall–Kier alpha value is -1.30. The van der Waals surface area contributed by atoms with Crippen LogP contribution in [0.25, 0.3) is 0 Å². The molecular formula is C10H14FNO3S. The quantitative estimate of drug-likeness (QED) is 0.812. The SMILES string of the molecule is CCS(=O)(=O)N(C)c1ccc(F)cc1OC. The molecule has 0 saturated heterocycles. The summed E-state index contributed by atoms with van der Waals surface area (Å²) in [5.41, 5.74) is 0.325. The van der Waals surface area contributed by atoms with Crippen molar-refractivity contribution in [3.63, 3.8) is 0 Å². The molecule has 0 aliphatic rings. The van der Waals surface area contributed by atoms with Gasteiger partial charge in [0.25, 0.3) is 0 Å². The molecule has 0 aromatic heterocycles. The lowest BCUT2D eigenvalue weighted by molar-refractivity contribution is 0.412. The van der Waals surface area contributed by atoms with Gasteiger partial charge in [-0.2, -0.15) is 0 Å². The van der Waals surface area contributed by atoms with Crippen molar-refractivity contribution in [1.82, 2.24) is 0 Å². The molecule has 0 aliphatic heterocycles. The number of sulfonamides is 1. The van der Waals surface area contributed by atoms with Gasteiger partial charge in [0.1, 0.15) is 11.6 Å². The van der Waals surface area contributed by atoms with Gasteiger partial charge in [0.2, 0.25) is 10.0 Å². The van der Waals surface area contributed by atoms with Crippen molar-refractivity contribution < 1.29 is 17.5 Å². The van der Waals surface area contributed by atoms with Gasteiger partial charge < -0.3 is 4.74 Å². The average Bonchev–Trinajstić information content (AvgIpc) is 2.27. The van der Waals surface area contributed by atoms with E-state index in [0.29, 0.717) is 5.69 Å². The predicted octanol–water partition coefficient (Wildman–Crippen LogP) is 1.62. The van der Waals surface area contributed by atoms with Gasteiger partial charge in [0.05, 0.1) is 18.6 Å². The smallest absolute Gasteiger partial charge is 0.234 e. The highest BCUT2D eigenvalue weighted by molar-refractivity contribution is 7.92. The van der Waals surface area contributed by atoms with Crippen LogP contribution in [0.15, 0.2) is 18.2 Å². The van der Waals surface area contributed by atoms with Gasteiger partial charge in [0.15, 0.2) is 0 Å². The Balaban J connectivity index is 3.23. The zero-order valence-corrected chi connectivity index (χ0v) is 10.2. The molecule has 6 heteroatoms. The molecule has 0 amide bonds. The molecule has 0 spiro atoms. The minimum Gasteiger partial charge on any atom is -0.494 e. The molecule has 1 aromatic rings. The van der Waals surface area contributed by atoms with Crippen LogP contribution in [-0.4, -0.2) is 28.3 Å². The summed E-state index contributed by atoms with van der Waals surface area (Å²) in [4.78, 5) is 0. The molecule has 0 saturated carbocycles. The van der Waals surface area contributed by atoms with Crippen molar-refractivity contribution in [3.05, 3.63) is 24.0 Å². The van der Waals surface area contributed by atoms with Gasteiger partial charge in [-0.05, 0) is 19.1 Å². The number of benzene rings is 1. The van der Waals surface area contributed by atoms with E-state index in [1.807, 2.05) is 0 Å². The highest BCUT2D eigenvalue weighted by Gasteiger charge is 2.19. The number of ether oxygens (including phenoxy) is 1. The van der Waals surface area contributed by atoms with Crippen LogP contribution in [0.1, 0.15) is 6.92 Å². The lowest BCUT2D eigenvalue weighted by Gasteiger charge is -2.20. The number of anilines is 1. The molecule has 16 heavy (non-hydrogen) atoms. The van der Waals surface area contributed by atoms with E-state index in [-0.39, 0.29) is 11.5 Å². The third-order valence-corrected chi connectivity index (χ3v) is 4.02. The average molecular weight is 247 g/mol. The lowest BCUT2D eigenvalue weighted by atomic mass is 10.3. The Morgan fingerprint density at radius 3 is 2.56 bits per heavy atom. The zero-order valence-electron chi connectivity index (χ0n) is 9.40. The van der Waals surface area contributed by atoms with Crippen LogP contribution in [0, 0.1) is 5.82 Å². The predicted molar refractivity (Wildman–Crippen MR) is 60.8 cm³/mol. The highest BCUT2D eigenvalue weighted by atomic mass is 32.2. The van der Waals surface area contributed by atoms with Crippen LogP contribution in [0.5, 0.6) is 5.75 Å². The first kappa shape index (κ1) is 12.8. The number of hydrogen-bond acceptors (Lipinski definition) is 3. The standard InChI is InChI=1S/C10H14FNO3S/c1-4-16(13,14)12(2)9-6-5-8(11)7-10(9)15-3/h5-7H,4H2,1-3H3. The number of nitrogens with zero attached hydrogens (tertiary/aromatic N) is 1. The first-order valence-electron chi connectivity index (χ1n) is 4.72. The van der Waals surface area contributed by atoms with Crippen molar-refractivity contribution in [2.24, 2.45) is 0 Å². The summed E-state index contributed by atoms with van der Waals surface area (Å²) in [5, 5.41) is 0. The molecule has 0 bridgehead atoms. The second-order valence-electron chi connectivity index (χ2n) is 3.18. The molecule has 0 fully saturated rings. The topological polar surface area (TPSA) is 46.6 Å². The van der Waals surface area contributed by atoms with Gasteiger partial charge in [-0.1, -0.05) is 0 Å². The number of methoxy groups -OCH3 is 1. The Morgan fingerprint density at radius 1 is 1.44 bits per heavy atom. The van der Waals surface area contributed by atoms with E-state index >= 15 is 0 Å². The maximum absolute atomic E-state index is 12.9. The van der Waals surface area contributed by atoms with E-state index in [9.17, 15) is 12.8 Å². The molecule has 0 atom stereocenters. The van der Waals surface area contributed by atoms with Crippen molar-refractivity contribution in [2.75, 3.05) is 24.2 Å². The Labute approximate surface area is 94.7 Å². The summed E-state index contributed by atoms with van der Waals surface area (Å²) < 4.78 is 42.2. The first-order chi connectivity index (χ1) is 7.42. The molecule has 4 nitrogen and oxygen atoms in total. The minimum absolute atomic E-state index is 0.0238. The second-order valence-corrected chi connectivity index (χ2v) is 5.47. The Morgan fingerprint density at radius 2 is 2.06 bits per heavy atom. The van der Waals surface area contributed by atoms with Crippen LogP contribution in [-0.2, 0) is 10.0 Å². The third-order valence-electron chi connectivity index (χ3n) is 2.26. The van der Waals surface area contributed by atoms with Crippen LogP contribution < -0.4 is 9.04 Å². The Bertz CT molecular complexity index is 473. The van der Waals surface area contributed by atoms with E-state index in [4.69, 9.17) is 4.74 Å². The van der Waals surface area contributed by atoms with Crippen LogP contribution in [0.4, 0.5) is 10.1 Å². The van der Waals surface area contributed by atoms with Gasteiger partial charge >= 0.3 is 0 Å². The fourth-order valence-corrected chi connectivity index (χ4v) is 2.09. The summed E-state index contributed by atoms with van der Waals surface area (Å²) in [6, 6.07) is 3.72. The first-order valence-corrected chi connectivity index (χ1v) is 6.33. The summed E-state index contributed by atoms with van der Waals surface area (Å²) >= 11 is 0. The summed E-state index contributed by atoms with van der Waals surface area (Å²) in [7, 11) is -0.589.